The minimum absolute atomic E-state index is 0.0175. The molecule has 0 saturated heterocycles. The predicted octanol–water partition coefficient (Wildman–Crippen LogP) is 0.292. The van der Waals surface area contributed by atoms with E-state index in [0.717, 1.165) is 0 Å². The normalized spacial score (nSPS) is 13.8. The molecule has 0 spiro atoms. The number of aliphatic hydroxyl groups excluding tert-OH is 1. The summed E-state index contributed by atoms with van der Waals surface area (Å²) >= 11 is 0. The molecule has 0 fully saturated rings. The Morgan fingerprint density at radius 2 is 2.22 bits per heavy atom. The molecule has 0 aliphatic carbocycles. The van der Waals surface area contributed by atoms with Gasteiger partial charge in [0.2, 0.25) is 0 Å². The second-order valence-corrected chi connectivity index (χ2v) is 2.19. The first kappa shape index (κ1) is 8.43. The first-order valence-electron chi connectivity index (χ1n) is 2.78. The number of aliphatic hydroxyl groups is 1. The Morgan fingerprint density at radius 1 is 1.78 bits per heavy atom. The number of carbonyl (C=O) groups is 1. The van der Waals surface area contributed by atoms with E-state index in [1.165, 1.54) is 0 Å². The van der Waals surface area contributed by atoms with Crippen LogP contribution in [0.25, 0.3) is 0 Å². The molecule has 0 aliphatic rings. The van der Waals surface area contributed by atoms with Crippen molar-refractivity contribution in [2.45, 2.75) is 19.4 Å². The fourth-order valence-electron chi connectivity index (χ4n) is 0.482. The summed E-state index contributed by atoms with van der Waals surface area (Å²) in [5, 5.41) is 16.8. The molecule has 3 heteroatoms. The lowest BCUT2D eigenvalue weighted by Crippen LogP contribution is -2.21. The van der Waals surface area contributed by atoms with E-state index in [2.05, 4.69) is 6.92 Å². The molecule has 0 saturated carbocycles. The zero-order valence-electron chi connectivity index (χ0n) is 5.37. The highest BCUT2D eigenvalue weighted by Crippen LogP contribution is 2.02. The van der Waals surface area contributed by atoms with Crippen molar-refractivity contribution in [2.75, 3.05) is 0 Å². The van der Waals surface area contributed by atoms with Gasteiger partial charge in [0.25, 0.3) is 0 Å². The number of hydrogen-bond acceptors (Lipinski definition) is 2. The van der Waals surface area contributed by atoms with E-state index in [-0.39, 0.29) is 12.3 Å². The maximum absolute atomic E-state index is 9.96. The van der Waals surface area contributed by atoms with Gasteiger partial charge in [-0.3, -0.25) is 0 Å². The lowest BCUT2D eigenvalue weighted by molar-refractivity contribution is -0.147. The molecule has 2 unspecified atom stereocenters. The molecule has 2 N–H and O–H groups in total. The van der Waals surface area contributed by atoms with Crippen molar-refractivity contribution >= 4 is 5.97 Å². The van der Waals surface area contributed by atoms with Crippen LogP contribution in [0.1, 0.15) is 13.3 Å². The Hall–Kier alpha value is -0.570. The Labute approximate surface area is 54.3 Å². The van der Waals surface area contributed by atoms with Crippen LogP contribution in [0.3, 0.4) is 0 Å². The van der Waals surface area contributed by atoms with Crippen molar-refractivity contribution < 1.29 is 15.0 Å². The van der Waals surface area contributed by atoms with Gasteiger partial charge in [-0.05, 0) is 12.3 Å². The number of carboxylic acid groups (broad SMARTS) is 1. The fraction of sp³-hybridized carbons (Fsp3) is 0.667. The number of aliphatic carboxylic acids is 1. The Morgan fingerprint density at radius 3 is 2.33 bits per heavy atom. The molecule has 0 amide bonds. The van der Waals surface area contributed by atoms with Crippen LogP contribution in [0.15, 0.2) is 0 Å². The van der Waals surface area contributed by atoms with Gasteiger partial charge in [0.1, 0.15) is 0 Å². The van der Waals surface area contributed by atoms with Gasteiger partial charge in [-0.1, -0.05) is 13.8 Å². The Kier molecular flexibility index (Phi) is 3.24. The van der Waals surface area contributed by atoms with E-state index in [1.54, 1.807) is 6.92 Å². The smallest absolute Gasteiger partial charge is 0.332 e. The van der Waals surface area contributed by atoms with Gasteiger partial charge in [0.05, 0.1) is 0 Å². The third-order valence-corrected chi connectivity index (χ3v) is 0.911. The molecule has 0 bridgehead atoms. The summed E-state index contributed by atoms with van der Waals surface area (Å²) in [6.45, 7) is 5.29. The van der Waals surface area contributed by atoms with E-state index >= 15 is 0 Å². The van der Waals surface area contributed by atoms with Crippen molar-refractivity contribution in [3.63, 3.8) is 0 Å². The van der Waals surface area contributed by atoms with Gasteiger partial charge >= 0.3 is 5.97 Å². The van der Waals surface area contributed by atoms with Gasteiger partial charge in [0.15, 0.2) is 6.10 Å². The van der Waals surface area contributed by atoms with Crippen LogP contribution < -0.4 is 0 Å². The highest BCUT2D eigenvalue weighted by atomic mass is 16.4. The molecule has 53 valence electrons. The number of rotatable bonds is 3. The molecular weight excluding hydrogens is 120 g/mol. The number of hydrogen-bond donors (Lipinski definition) is 2. The van der Waals surface area contributed by atoms with Crippen molar-refractivity contribution in [3.05, 3.63) is 6.92 Å². The summed E-state index contributed by atoms with van der Waals surface area (Å²) in [6.07, 6.45) is -1.03. The minimum atomic E-state index is -1.25. The third-order valence-electron chi connectivity index (χ3n) is 0.911. The maximum atomic E-state index is 9.96. The molecule has 2 atom stereocenters. The summed E-state index contributed by atoms with van der Waals surface area (Å²) in [5.74, 6) is -1.19. The van der Waals surface area contributed by atoms with Crippen LogP contribution in [0.5, 0.6) is 0 Å². The molecule has 0 heterocycles. The maximum Gasteiger partial charge on any atom is 0.332 e. The molecule has 0 aromatic carbocycles. The van der Waals surface area contributed by atoms with E-state index in [1.807, 2.05) is 0 Å². The third kappa shape index (κ3) is 3.97. The molecule has 1 radical (unpaired) electrons. The van der Waals surface area contributed by atoms with Crippen LogP contribution in [0.2, 0.25) is 0 Å². The number of carboxylic acids is 1. The average Bonchev–Trinajstić information content (AvgIpc) is 1.63. The minimum Gasteiger partial charge on any atom is -0.479 e. The van der Waals surface area contributed by atoms with Crippen LogP contribution in [0, 0.1) is 12.8 Å². The van der Waals surface area contributed by atoms with Gasteiger partial charge in [0, 0.05) is 0 Å². The van der Waals surface area contributed by atoms with E-state index < -0.39 is 12.1 Å². The second-order valence-electron chi connectivity index (χ2n) is 2.19. The molecular formula is C6H11O3. The van der Waals surface area contributed by atoms with Crippen molar-refractivity contribution in [1.82, 2.24) is 0 Å². The SMILES string of the molecule is [CH2]C(C)CC(O)C(=O)O. The highest BCUT2D eigenvalue weighted by Gasteiger charge is 2.13. The predicted molar refractivity (Wildman–Crippen MR) is 32.8 cm³/mol. The molecule has 0 rings (SSSR count). The Balaban J connectivity index is 3.50. The standard InChI is InChI=1S/C6H11O3/c1-4(2)3-5(7)6(8)9/h4-5,7H,1,3H2,2H3,(H,8,9). The van der Waals surface area contributed by atoms with Crippen LogP contribution >= 0.6 is 0 Å². The van der Waals surface area contributed by atoms with Crippen LogP contribution in [0.4, 0.5) is 0 Å². The van der Waals surface area contributed by atoms with Gasteiger partial charge in [-0.15, -0.1) is 0 Å². The summed E-state index contributed by atoms with van der Waals surface area (Å²) in [5.41, 5.74) is 0. The largest absolute Gasteiger partial charge is 0.479 e. The van der Waals surface area contributed by atoms with Crippen molar-refractivity contribution in [2.24, 2.45) is 5.92 Å². The summed E-state index contributed by atoms with van der Waals surface area (Å²) in [6, 6.07) is 0. The van der Waals surface area contributed by atoms with E-state index in [4.69, 9.17) is 10.2 Å². The fourth-order valence-corrected chi connectivity index (χ4v) is 0.482. The zero-order valence-corrected chi connectivity index (χ0v) is 5.37. The van der Waals surface area contributed by atoms with Gasteiger partial charge in [-0.25, -0.2) is 4.79 Å². The first-order chi connectivity index (χ1) is 4.04. The lowest BCUT2D eigenvalue weighted by atomic mass is 10.1. The second kappa shape index (κ2) is 3.45. The molecule has 0 aliphatic heterocycles. The lowest BCUT2D eigenvalue weighted by Gasteiger charge is -2.06. The molecule has 3 nitrogen and oxygen atoms in total. The van der Waals surface area contributed by atoms with Crippen LogP contribution in [-0.4, -0.2) is 22.3 Å². The topological polar surface area (TPSA) is 57.5 Å². The summed E-state index contributed by atoms with van der Waals surface area (Å²) in [7, 11) is 0. The van der Waals surface area contributed by atoms with Crippen molar-refractivity contribution in [3.8, 4) is 0 Å². The molecule has 0 aromatic heterocycles. The summed E-state index contributed by atoms with van der Waals surface area (Å²) in [4.78, 5) is 9.96. The highest BCUT2D eigenvalue weighted by molar-refractivity contribution is 5.71. The monoisotopic (exact) mass is 131 g/mol. The van der Waals surface area contributed by atoms with E-state index in [9.17, 15) is 4.79 Å². The average molecular weight is 131 g/mol. The first-order valence-corrected chi connectivity index (χ1v) is 2.78. The van der Waals surface area contributed by atoms with Crippen molar-refractivity contribution in [1.29, 1.82) is 0 Å². The van der Waals surface area contributed by atoms with Gasteiger partial charge in [-0.2, -0.15) is 0 Å². The van der Waals surface area contributed by atoms with Gasteiger partial charge < -0.3 is 10.2 Å². The van der Waals surface area contributed by atoms with E-state index in [0.29, 0.717) is 0 Å². The Bertz CT molecular complexity index is 98.5. The molecule has 9 heavy (non-hydrogen) atoms. The zero-order chi connectivity index (χ0) is 7.44. The molecule has 0 aromatic rings. The quantitative estimate of drug-likeness (QED) is 0.578. The van der Waals surface area contributed by atoms with Crippen LogP contribution in [-0.2, 0) is 4.79 Å². The summed E-state index contributed by atoms with van der Waals surface area (Å²) < 4.78 is 0.